The van der Waals surface area contributed by atoms with E-state index in [9.17, 15) is 9.18 Å². The van der Waals surface area contributed by atoms with Crippen LogP contribution >= 0.6 is 11.6 Å². The molecular formula is C24H21ClF2N2O4. The molecule has 0 N–H and O–H groups in total. The molecule has 0 spiro atoms. The third-order valence-corrected chi connectivity index (χ3v) is 6.07. The Kier molecular flexibility index (Phi) is 6.23. The lowest BCUT2D eigenvalue weighted by Gasteiger charge is -2.36. The highest BCUT2D eigenvalue weighted by Gasteiger charge is 2.48. The van der Waals surface area contributed by atoms with Crippen molar-refractivity contribution in [1.29, 1.82) is 0 Å². The molecule has 172 valence electrons. The zero-order chi connectivity index (χ0) is 23.8. The maximum Gasteiger partial charge on any atom is 0.174 e. The van der Waals surface area contributed by atoms with E-state index < -0.39 is 22.8 Å². The molecule has 9 heteroatoms. The minimum absolute atomic E-state index is 0.130. The van der Waals surface area contributed by atoms with Crippen molar-refractivity contribution in [3.8, 4) is 5.75 Å². The molecule has 0 aliphatic heterocycles. The molecule has 0 saturated carbocycles. The van der Waals surface area contributed by atoms with Crippen LogP contribution in [-0.4, -0.2) is 37.2 Å². The average Bonchev–Trinajstić information content (AvgIpc) is 3.18. The van der Waals surface area contributed by atoms with Gasteiger partial charge >= 0.3 is 0 Å². The van der Waals surface area contributed by atoms with E-state index in [4.69, 9.17) is 25.8 Å². The Balaban J connectivity index is 1.96. The molecule has 0 bridgehead atoms. The van der Waals surface area contributed by atoms with Crippen molar-refractivity contribution in [2.75, 3.05) is 21.3 Å². The summed E-state index contributed by atoms with van der Waals surface area (Å²) in [5.74, 6) is -1.56. The van der Waals surface area contributed by atoms with Crippen LogP contribution in [0.25, 0.3) is 10.9 Å². The molecule has 2 heterocycles. The van der Waals surface area contributed by atoms with E-state index in [0.717, 1.165) is 5.56 Å². The summed E-state index contributed by atoms with van der Waals surface area (Å²) < 4.78 is 48.3. The number of allylic oxidation sites excluding steroid dienone is 2. The van der Waals surface area contributed by atoms with Crippen LogP contribution in [0.15, 0.2) is 65.6 Å². The topological polar surface area (TPSA) is 62.6 Å². The summed E-state index contributed by atoms with van der Waals surface area (Å²) in [4.78, 5) is 15.8. The number of hydrogen-bond donors (Lipinski definition) is 0. The molecule has 33 heavy (non-hydrogen) atoms. The second-order valence-electron chi connectivity index (χ2n) is 7.52. The van der Waals surface area contributed by atoms with E-state index in [2.05, 4.69) is 4.98 Å². The van der Waals surface area contributed by atoms with Gasteiger partial charge in [0.2, 0.25) is 0 Å². The summed E-state index contributed by atoms with van der Waals surface area (Å²) in [5, 5.41) is 0.947. The standard InChI is InChI=1S/C24H21ClF2N2O4/c1-31-16-6-4-14(5-7-16)12-29-18-11-28-21(25)9-15(18)8-20(29)24(33-3)10-19(32-2)22(26)17(13-30)23(24)27/h4-9,11,13H,10,12H2,1-3H3. The highest BCUT2D eigenvalue weighted by atomic mass is 35.5. The molecule has 1 unspecified atom stereocenters. The molecule has 3 aromatic rings. The summed E-state index contributed by atoms with van der Waals surface area (Å²) in [5.41, 5.74) is -0.623. The summed E-state index contributed by atoms with van der Waals surface area (Å²) in [6, 6.07) is 10.7. The van der Waals surface area contributed by atoms with Gasteiger partial charge in [-0.25, -0.2) is 13.8 Å². The van der Waals surface area contributed by atoms with E-state index in [-0.39, 0.29) is 23.6 Å². The molecule has 1 aliphatic rings. The summed E-state index contributed by atoms with van der Waals surface area (Å²) in [6.45, 7) is 0.315. The van der Waals surface area contributed by atoms with Crippen molar-refractivity contribution in [2.45, 2.75) is 18.6 Å². The third kappa shape index (κ3) is 3.79. The van der Waals surface area contributed by atoms with E-state index >= 15 is 4.39 Å². The number of hydrogen-bond acceptors (Lipinski definition) is 5. The number of carbonyl (C=O) groups is 1. The molecule has 0 radical (unpaired) electrons. The van der Waals surface area contributed by atoms with E-state index in [0.29, 0.717) is 28.9 Å². The first-order valence-electron chi connectivity index (χ1n) is 10.00. The maximum atomic E-state index is 15.8. The molecule has 1 aliphatic carbocycles. The van der Waals surface area contributed by atoms with Crippen LogP contribution in [0.3, 0.4) is 0 Å². The number of benzene rings is 1. The molecule has 6 nitrogen and oxygen atoms in total. The lowest BCUT2D eigenvalue weighted by molar-refractivity contribution is -0.105. The van der Waals surface area contributed by atoms with Crippen molar-refractivity contribution in [3.05, 3.63) is 82.0 Å². The number of rotatable bonds is 7. The van der Waals surface area contributed by atoms with Gasteiger partial charge in [0.15, 0.2) is 23.5 Å². The quantitative estimate of drug-likeness (QED) is 0.346. The smallest absolute Gasteiger partial charge is 0.174 e. The van der Waals surface area contributed by atoms with Crippen molar-refractivity contribution in [1.82, 2.24) is 9.55 Å². The molecule has 1 aromatic carbocycles. The zero-order valence-corrected chi connectivity index (χ0v) is 19.0. The van der Waals surface area contributed by atoms with Crippen LogP contribution in [0.1, 0.15) is 17.7 Å². The SMILES string of the molecule is COC1=C(F)C(C=O)=C(F)C(OC)(c2cc3cc(Cl)ncc3n2Cc2ccc(OC)cc2)C1. The van der Waals surface area contributed by atoms with Crippen LogP contribution in [0.4, 0.5) is 8.78 Å². The monoisotopic (exact) mass is 474 g/mol. The first-order valence-corrected chi connectivity index (χ1v) is 10.4. The first kappa shape index (κ1) is 22.9. The summed E-state index contributed by atoms with van der Waals surface area (Å²) in [7, 11) is 4.14. The number of methoxy groups -OCH3 is 3. The Labute approximate surface area is 194 Å². The number of fused-ring (bicyclic) bond motifs is 1. The fourth-order valence-corrected chi connectivity index (χ4v) is 4.30. The Hall–Kier alpha value is -3.23. The van der Waals surface area contributed by atoms with Crippen molar-refractivity contribution >= 4 is 28.8 Å². The molecule has 4 rings (SSSR count). The lowest BCUT2D eigenvalue weighted by Crippen LogP contribution is -2.36. The molecule has 0 saturated heterocycles. The molecule has 2 aromatic heterocycles. The normalized spacial score (nSPS) is 18.7. The van der Waals surface area contributed by atoms with Crippen LogP contribution in [-0.2, 0) is 26.4 Å². The van der Waals surface area contributed by atoms with Gasteiger partial charge in [-0.05, 0) is 29.8 Å². The van der Waals surface area contributed by atoms with Crippen LogP contribution in [0, 0.1) is 0 Å². The Morgan fingerprint density at radius 1 is 1.15 bits per heavy atom. The fourth-order valence-electron chi connectivity index (χ4n) is 4.13. The summed E-state index contributed by atoms with van der Waals surface area (Å²) >= 11 is 6.09. The van der Waals surface area contributed by atoms with Gasteiger partial charge in [-0.1, -0.05) is 23.7 Å². The second-order valence-corrected chi connectivity index (χ2v) is 7.91. The zero-order valence-electron chi connectivity index (χ0n) is 18.2. The number of carbonyl (C=O) groups excluding carboxylic acids is 1. The summed E-state index contributed by atoms with van der Waals surface area (Å²) in [6.07, 6.45) is 1.42. The van der Waals surface area contributed by atoms with Gasteiger partial charge in [-0.2, -0.15) is 0 Å². The Morgan fingerprint density at radius 2 is 1.88 bits per heavy atom. The van der Waals surface area contributed by atoms with Crippen LogP contribution in [0.2, 0.25) is 5.15 Å². The second kappa shape index (κ2) is 8.96. The van der Waals surface area contributed by atoms with Gasteiger partial charge in [0.25, 0.3) is 0 Å². The minimum Gasteiger partial charge on any atom is -0.498 e. The number of aromatic nitrogens is 2. The molecule has 0 fully saturated rings. The van der Waals surface area contributed by atoms with E-state index in [1.54, 1.807) is 25.4 Å². The van der Waals surface area contributed by atoms with Gasteiger partial charge < -0.3 is 18.8 Å². The van der Waals surface area contributed by atoms with Gasteiger partial charge in [-0.15, -0.1) is 0 Å². The number of ether oxygens (including phenoxy) is 3. The Bertz CT molecular complexity index is 1280. The molecule has 0 amide bonds. The predicted molar refractivity (Wildman–Crippen MR) is 119 cm³/mol. The van der Waals surface area contributed by atoms with Crippen molar-refractivity contribution < 1.29 is 27.8 Å². The van der Waals surface area contributed by atoms with Gasteiger partial charge in [0.05, 0.1) is 37.2 Å². The third-order valence-electron chi connectivity index (χ3n) is 5.86. The highest BCUT2D eigenvalue weighted by Crippen LogP contribution is 2.48. The van der Waals surface area contributed by atoms with Gasteiger partial charge in [-0.3, -0.25) is 4.79 Å². The fraction of sp³-hybridized carbons (Fsp3) is 0.250. The van der Waals surface area contributed by atoms with Crippen LogP contribution in [0.5, 0.6) is 5.75 Å². The van der Waals surface area contributed by atoms with E-state index in [1.807, 2.05) is 28.8 Å². The maximum absolute atomic E-state index is 15.8. The predicted octanol–water partition coefficient (Wildman–Crippen LogP) is 5.24. The molecular weight excluding hydrogens is 454 g/mol. The number of nitrogens with zero attached hydrogens (tertiary/aromatic N) is 2. The van der Waals surface area contributed by atoms with Crippen molar-refractivity contribution in [2.24, 2.45) is 0 Å². The van der Waals surface area contributed by atoms with Gasteiger partial charge in [0, 0.05) is 25.5 Å². The largest absolute Gasteiger partial charge is 0.498 e. The van der Waals surface area contributed by atoms with Gasteiger partial charge in [0.1, 0.15) is 16.7 Å². The minimum atomic E-state index is -1.80. The number of pyridine rings is 1. The Morgan fingerprint density at radius 3 is 2.48 bits per heavy atom. The number of halogens is 3. The first-order chi connectivity index (χ1) is 15.9. The van der Waals surface area contributed by atoms with Crippen LogP contribution < -0.4 is 4.74 Å². The van der Waals surface area contributed by atoms with E-state index in [1.165, 1.54) is 14.2 Å². The molecule has 1 atom stereocenters. The average molecular weight is 475 g/mol. The van der Waals surface area contributed by atoms with Crippen molar-refractivity contribution in [3.63, 3.8) is 0 Å². The number of aldehydes is 1. The lowest BCUT2D eigenvalue weighted by atomic mass is 9.85. The highest BCUT2D eigenvalue weighted by molar-refractivity contribution is 6.30.